The monoisotopic (exact) mass is 433 g/mol. The number of nitrogens with zero attached hydrogens (tertiary/aromatic N) is 1. The zero-order valence-corrected chi connectivity index (χ0v) is 17.5. The summed E-state index contributed by atoms with van der Waals surface area (Å²) in [6.45, 7) is 1.59. The van der Waals surface area contributed by atoms with Crippen molar-refractivity contribution < 1.29 is 22.3 Å². The summed E-state index contributed by atoms with van der Waals surface area (Å²) in [4.78, 5) is 14.8. The van der Waals surface area contributed by atoms with E-state index in [1.54, 1.807) is 12.1 Å². The predicted molar refractivity (Wildman–Crippen MR) is 112 cm³/mol. The van der Waals surface area contributed by atoms with E-state index in [-0.39, 0.29) is 27.9 Å². The lowest BCUT2D eigenvalue weighted by atomic mass is 10.1. The van der Waals surface area contributed by atoms with Crippen molar-refractivity contribution >= 4 is 27.3 Å². The molecule has 4 rings (SSSR count). The minimum Gasteiger partial charge on any atom is -0.495 e. The van der Waals surface area contributed by atoms with Gasteiger partial charge in [0.25, 0.3) is 5.91 Å². The number of benzene rings is 2. The SMILES string of the molecule is COc1ccc(C(=O)Nc2c(F)cccc2N2CCCC2)cc1S(=O)(=O)NC1CC1. The molecule has 1 heterocycles. The number of halogens is 1. The van der Waals surface area contributed by atoms with Gasteiger partial charge in [-0.1, -0.05) is 6.07 Å². The number of sulfonamides is 1. The van der Waals surface area contributed by atoms with Crippen LogP contribution in [0.3, 0.4) is 0 Å². The molecule has 2 aliphatic rings. The minimum atomic E-state index is -3.84. The molecule has 2 aromatic carbocycles. The first-order chi connectivity index (χ1) is 14.4. The third kappa shape index (κ3) is 4.27. The number of nitrogens with one attached hydrogen (secondary N) is 2. The highest BCUT2D eigenvalue weighted by molar-refractivity contribution is 7.89. The fourth-order valence-corrected chi connectivity index (χ4v) is 5.06. The molecule has 160 valence electrons. The molecule has 0 atom stereocenters. The Kier molecular flexibility index (Phi) is 5.66. The molecule has 2 aromatic rings. The maximum atomic E-state index is 14.5. The number of para-hydroxylation sites is 1. The van der Waals surface area contributed by atoms with E-state index in [1.807, 2.05) is 4.90 Å². The molecule has 30 heavy (non-hydrogen) atoms. The Hall–Kier alpha value is -2.65. The largest absolute Gasteiger partial charge is 0.495 e. The van der Waals surface area contributed by atoms with Crippen LogP contribution in [0.2, 0.25) is 0 Å². The normalized spacial score (nSPS) is 16.5. The number of carbonyl (C=O) groups is 1. The Morgan fingerprint density at radius 2 is 1.90 bits per heavy atom. The van der Waals surface area contributed by atoms with Crippen molar-refractivity contribution in [3.05, 3.63) is 47.8 Å². The van der Waals surface area contributed by atoms with Gasteiger partial charge in [0.05, 0.1) is 12.8 Å². The van der Waals surface area contributed by atoms with Gasteiger partial charge in [-0.25, -0.2) is 17.5 Å². The number of anilines is 2. The van der Waals surface area contributed by atoms with Crippen molar-refractivity contribution in [2.45, 2.75) is 36.6 Å². The van der Waals surface area contributed by atoms with E-state index in [4.69, 9.17) is 4.74 Å². The van der Waals surface area contributed by atoms with E-state index in [0.29, 0.717) is 5.69 Å². The highest BCUT2D eigenvalue weighted by Crippen LogP contribution is 2.32. The fraction of sp³-hybridized carbons (Fsp3) is 0.381. The van der Waals surface area contributed by atoms with Gasteiger partial charge in [-0.3, -0.25) is 4.79 Å². The van der Waals surface area contributed by atoms with E-state index in [2.05, 4.69) is 10.0 Å². The van der Waals surface area contributed by atoms with Crippen LogP contribution in [0.1, 0.15) is 36.0 Å². The van der Waals surface area contributed by atoms with Gasteiger partial charge in [0.2, 0.25) is 10.0 Å². The van der Waals surface area contributed by atoms with Crippen LogP contribution in [0.15, 0.2) is 41.3 Å². The number of ether oxygens (including phenoxy) is 1. The first kappa shape index (κ1) is 20.6. The summed E-state index contributed by atoms with van der Waals surface area (Å²) in [6.07, 6.45) is 3.59. The lowest BCUT2D eigenvalue weighted by Crippen LogP contribution is -2.26. The Balaban J connectivity index is 1.64. The van der Waals surface area contributed by atoms with Crippen LogP contribution in [0.4, 0.5) is 15.8 Å². The second kappa shape index (κ2) is 8.23. The van der Waals surface area contributed by atoms with Gasteiger partial charge in [0.1, 0.15) is 22.1 Å². The number of hydrogen-bond donors (Lipinski definition) is 2. The van der Waals surface area contributed by atoms with Crippen LogP contribution < -0.4 is 19.7 Å². The summed E-state index contributed by atoms with van der Waals surface area (Å²) in [5, 5.41) is 2.63. The zero-order chi connectivity index (χ0) is 21.3. The molecular weight excluding hydrogens is 409 g/mol. The number of amides is 1. The summed E-state index contributed by atoms with van der Waals surface area (Å²) in [5.74, 6) is -0.987. The molecule has 0 bridgehead atoms. The second-order valence-corrected chi connectivity index (χ2v) is 9.23. The number of methoxy groups -OCH3 is 1. The van der Waals surface area contributed by atoms with E-state index < -0.39 is 21.7 Å². The summed E-state index contributed by atoms with van der Waals surface area (Å²) in [6, 6.07) is 8.74. The van der Waals surface area contributed by atoms with Crippen LogP contribution >= 0.6 is 0 Å². The summed E-state index contributed by atoms with van der Waals surface area (Å²) >= 11 is 0. The van der Waals surface area contributed by atoms with Gasteiger partial charge in [0.15, 0.2) is 0 Å². The molecule has 9 heteroatoms. The Labute approximate surface area is 175 Å². The fourth-order valence-electron chi connectivity index (χ4n) is 3.56. The molecule has 0 aromatic heterocycles. The van der Waals surface area contributed by atoms with Gasteiger partial charge in [-0.2, -0.15) is 0 Å². The van der Waals surface area contributed by atoms with Gasteiger partial charge in [-0.05, 0) is 56.0 Å². The van der Waals surface area contributed by atoms with Gasteiger partial charge in [0, 0.05) is 24.7 Å². The molecule has 1 amide bonds. The molecule has 1 aliphatic carbocycles. The average Bonchev–Trinajstić information content (AvgIpc) is 3.36. The molecule has 1 aliphatic heterocycles. The summed E-state index contributed by atoms with van der Waals surface area (Å²) < 4.78 is 47.7. The van der Waals surface area contributed by atoms with Crippen molar-refractivity contribution in [3.8, 4) is 5.75 Å². The Bertz CT molecular complexity index is 1060. The van der Waals surface area contributed by atoms with E-state index in [0.717, 1.165) is 38.8 Å². The van der Waals surface area contributed by atoms with Crippen LogP contribution in [0, 0.1) is 5.82 Å². The molecule has 1 saturated heterocycles. The number of carbonyl (C=O) groups excluding carboxylic acids is 1. The third-order valence-electron chi connectivity index (χ3n) is 5.29. The van der Waals surface area contributed by atoms with Crippen LogP contribution in [0.5, 0.6) is 5.75 Å². The maximum absolute atomic E-state index is 14.5. The molecule has 2 fully saturated rings. The highest BCUT2D eigenvalue weighted by Gasteiger charge is 2.30. The third-order valence-corrected chi connectivity index (χ3v) is 6.83. The standard InChI is InChI=1S/C21H24FN3O4S/c1-29-18-10-7-14(13-19(18)30(27,28)24-15-8-9-15)21(26)23-20-16(22)5-4-6-17(20)25-11-2-3-12-25/h4-7,10,13,15,24H,2-3,8-9,11-12H2,1H3,(H,23,26). The lowest BCUT2D eigenvalue weighted by molar-refractivity contribution is 0.102. The zero-order valence-electron chi connectivity index (χ0n) is 16.7. The van der Waals surface area contributed by atoms with Gasteiger partial charge >= 0.3 is 0 Å². The molecular formula is C21H24FN3O4S. The van der Waals surface area contributed by atoms with Gasteiger partial charge in [-0.15, -0.1) is 0 Å². The number of hydrogen-bond acceptors (Lipinski definition) is 5. The van der Waals surface area contributed by atoms with Crippen molar-refractivity contribution in [2.24, 2.45) is 0 Å². The topological polar surface area (TPSA) is 87.7 Å². The molecule has 0 unspecified atom stereocenters. The molecule has 7 nitrogen and oxygen atoms in total. The van der Waals surface area contributed by atoms with E-state index >= 15 is 0 Å². The minimum absolute atomic E-state index is 0.0846. The smallest absolute Gasteiger partial charge is 0.255 e. The summed E-state index contributed by atoms with van der Waals surface area (Å²) in [7, 11) is -2.47. The predicted octanol–water partition coefficient (Wildman–Crippen LogP) is 3.13. The lowest BCUT2D eigenvalue weighted by Gasteiger charge is -2.22. The van der Waals surface area contributed by atoms with Crippen LogP contribution in [-0.4, -0.2) is 40.6 Å². The Morgan fingerprint density at radius 1 is 1.17 bits per heavy atom. The molecule has 0 spiro atoms. The Morgan fingerprint density at radius 3 is 2.57 bits per heavy atom. The molecule has 0 radical (unpaired) electrons. The van der Waals surface area contributed by atoms with Crippen molar-refractivity contribution in [3.63, 3.8) is 0 Å². The van der Waals surface area contributed by atoms with Crippen molar-refractivity contribution in [1.29, 1.82) is 0 Å². The second-order valence-electron chi connectivity index (χ2n) is 7.54. The van der Waals surface area contributed by atoms with E-state index in [1.165, 1.54) is 31.4 Å². The quantitative estimate of drug-likeness (QED) is 0.701. The average molecular weight is 434 g/mol. The molecule has 1 saturated carbocycles. The maximum Gasteiger partial charge on any atom is 0.255 e. The first-order valence-corrected chi connectivity index (χ1v) is 11.4. The molecule has 2 N–H and O–H groups in total. The van der Waals surface area contributed by atoms with Crippen LogP contribution in [0.25, 0.3) is 0 Å². The first-order valence-electron chi connectivity index (χ1n) is 9.94. The van der Waals surface area contributed by atoms with Crippen molar-refractivity contribution in [2.75, 3.05) is 30.4 Å². The number of rotatable bonds is 7. The van der Waals surface area contributed by atoms with E-state index in [9.17, 15) is 17.6 Å². The summed E-state index contributed by atoms with van der Waals surface area (Å²) in [5.41, 5.74) is 0.820. The van der Waals surface area contributed by atoms with Crippen molar-refractivity contribution in [1.82, 2.24) is 4.72 Å². The van der Waals surface area contributed by atoms with Crippen LogP contribution in [-0.2, 0) is 10.0 Å². The highest BCUT2D eigenvalue weighted by atomic mass is 32.2. The van der Waals surface area contributed by atoms with Gasteiger partial charge < -0.3 is 15.0 Å².